The molecular formula is C27H34ClNO4. The molecule has 33 heavy (non-hydrogen) atoms. The number of carbonyl (C=O) groups is 2. The highest BCUT2D eigenvalue weighted by molar-refractivity contribution is 6.31. The van der Waals surface area contributed by atoms with Gasteiger partial charge < -0.3 is 15.1 Å². The molecule has 1 amide bonds. The Labute approximate surface area is 201 Å². The summed E-state index contributed by atoms with van der Waals surface area (Å²) in [6, 6.07) is 14.1. The van der Waals surface area contributed by atoms with E-state index in [0.717, 1.165) is 54.4 Å². The molecule has 6 heteroatoms. The molecule has 0 saturated carbocycles. The lowest BCUT2D eigenvalue weighted by molar-refractivity contribution is -0.137. The van der Waals surface area contributed by atoms with Crippen molar-refractivity contribution in [2.24, 2.45) is 0 Å². The van der Waals surface area contributed by atoms with E-state index in [9.17, 15) is 14.7 Å². The molecule has 1 aliphatic rings. The summed E-state index contributed by atoms with van der Waals surface area (Å²) < 4.78 is 0. The standard InChI is InChI=1S/C27H34ClNO4/c1-19-22(20-9-5-4-6-10-20)14-15-23(28)27(19)24(30)16-12-21-13-17-25(31)29(21)18-8-3-2-7-11-26(32)33/h4-6,9-10,14-15,21,24,30H,2-3,7-8,11-13,16-18H2,1H3,(H,32,33)/t21-,24-/m1/s1. The number of carboxylic acid groups (broad SMARTS) is 1. The predicted octanol–water partition coefficient (Wildman–Crippen LogP) is 6.16. The Kier molecular flexibility index (Phi) is 9.33. The Morgan fingerprint density at radius 2 is 1.85 bits per heavy atom. The average Bonchev–Trinajstić information content (AvgIpc) is 3.14. The van der Waals surface area contributed by atoms with Crippen LogP contribution < -0.4 is 0 Å². The molecule has 2 N–H and O–H groups in total. The number of likely N-dealkylation sites (tertiary alicyclic amines) is 1. The largest absolute Gasteiger partial charge is 0.481 e. The van der Waals surface area contributed by atoms with Gasteiger partial charge in [-0.3, -0.25) is 9.59 Å². The van der Waals surface area contributed by atoms with E-state index in [0.29, 0.717) is 30.8 Å². The van der Waals surface area contributed by atoms with Crippen LogP contribution in [0.2, 0.25) is 5.02 Å². The number of benzene rings is 2. The van der Waals surface area contributed by atoms with E-state index in [2.05, 4.69) is 12.1 Å². The van der Waals surface area contributed by atoms with Crippen molar-refractivity contribution in [2.75, 3.05) is 6.54 Å². The third kappa shape index (κ3) is 6.81. The summed E-state index contributed by atoms with van der Waals surface area (Å²) in [6.07, 6.45) is 5.54. The van der Waals surface area contributed by atoms with Gasteiger partial charge in [0.05, 0.1) is 6.10 Å². The van der Waals surface area contributed by atoms with Gasteiger partial charge in [-0.2, -0.15) is 0 Å². The highest BCUT2D eigenvalue weighted by Crippen LogP contribution is 2.36. The number of carbonyl (C=O) groups excluding carboxylic acids is 1. The molecule has 2 aromatic rings. The van der Waals surface area contributed by atoms with Gasteiger partial charge in [-0.1, -0.05) is 60.8 Å². The van der Waals surface area contributed by atoms with Crippen LogP contribution in [-0.4, -0.2) is 39.6 Å². The first kappa shape index (κ1) is 25.3. The lowest BCUT2D eigenvalue weighted by Gasteiger charge is -2.26. The summed E-state index contributed by atoms with van der Waals surface area (Å²) in [5, 5.41) is 20.3. The average molecular weight is 472 g/mol. The van der Waals surface area contributed by atoms with Crippen LogP contribution in [0.3, 0.4) is 0 Å². The summed E-state index contributed by atoms with van der Waals surface area (Å²) in [5.74, 6) is -0.576. The van der Waals surface area contributed by atoms with E-state index in [-0.39, 0.29) is 18.4 Å². The molecule has 1 heterocycles. The van der Waals surface area contributed by atoms with Crippen molar-refractivity contribution in [1.82, 2.24) is 4.90 Å². The topological polar surface area (TPSA) is 77.8 Å². The minimum Gasteiger partial charge on any atom is -0.481 e. The maximum atomic E-state index is 12.4. The Bertz CT molecular complexity index is 947. The molecule has 5 nitrogen and oxygen atoms in total. The van der Waals surface area contributed by atoms with Gasteiger partial charge in [-0.05, 0) is 61.8 Å². The second kappa shape index (κ2) is 12.2. The summed E-state index contributed by atoms with van der Waals surface area (Å²) in [4.78, 5) is 24.9. The van der Waals surface area contributed by atoms with E-state index in [4.69, 9.17) is 16.7 Å². The number of unbranched alkanes of at least 4 members (excludes halogenated alkanes) is 3. The summed E-state index contributed by atoms with van der Waals surface area (Å²) in [7, 11) is 0. The number of amides is 1. The molecule has 0 unspecified atom stereocenters. The van der Waals surface area contributed by atoms with E-state index in [1.165, 1.54) is 0 Å². The minimum atomic E-state index is -0.756. The van der Waals surface area contributed by atoms with Crippen molar-refractivity contribution in [2.45, 2.75) is 76.9 Å². The summed E-state index contributed by atoms with van der Waals surface area (Å²) in [6.45, 7) is 2.71. The first-order valence-electron chi connectivity index (χ1n) is 11.9. The van der Waals surface area contributed by atoms with Crippen molar-refractivity contribution in [3.8, 4) is 11.1 Å². The van der Waals surface area contributed by atoms with Crippen molar-refractivity contribution in [1.29, 1.82) is 0 Å². The van der Waals surface area contributed by atoms with Crippen LogP contribution in [0.25, 0.3) is 11.1 Å². The molecule has 2 aromatic carbocycles. The van der Waals surface area contributed by atoms with Crippen LogP contribution in [0, 0.1) is 6.92 Å². The monoisotopic (exact) mass is 471 g/mol. The normalized spacial score (nSPS) is 16.9. The summed E-state index contributed by atoms with van der Waals surface area (Å²) in [5.41, 5.74) is 3.92. The number of nitrogens with zero attached hydrogens (tertiary/aromatic N) is 1. The molecular weight excluding hydrogens is 438 g/mol. The lowest BCUT2D eigenvalue weighted by Crippen LogP contribution is -2.34. The minimum absolute atomic E-state index is 0.141. The van der Waals surface area contributed by atoms with Gasteiger partial charge in [0, 0.05) is 36.0 Å². The fourth-order valence-corrected chi connectivity index (χ4v) is 5.17. The number of hydrogen-bond donors (Lipinski definition) is 2. The van der Waals surface area contributed by atoms with Crippen molar-refractivity contribution in [3.05, 3.63) is 58.6 Å². The predicted molar refractivity (Wildman–Crippen MR) is 131 cm³/mol. The zero-order chi connectivity index (χ0) is 23.8. The first-order valence-corrected chi connectivity index (χ1v) is 12.3. The molecule has 3 rings (SSSR count). The van der Waals surface area contributed by atoms with E-state index in [1.54, 1.807) is 0 Å². The second-order valence-electron chi connectivity index (χ2n) is 8.93. The zero-order valence-corrected chi connectivity index (χ0v) is 20.1. The van der Waals surface area contributed by atoms with Crippen LogP contribution in [-0.2, 0) is 9.59 Å². The number of halogens is 1. The van der Waals surface area contributed by atoms with Crippen molar-refractivity contribution in [3.63, 3.8) is 0 Å². The Hall–Kier alpha value is -2.37. The molecule has 1 saturated heterocycles. The van der Waals surface area contributed by atoms with Crippen molar-refractivity contribution < 1.29 is 19.8 Å². The van der Waals surface area contributed by atoms with Crippen LogP contribution in [0.5, 0.6) is 0 Å². The van der Waals surface area contributed by atoms with Gasteiger partial charge in [0.25, 0.3) is 0 Å². The molecule has 0 bridgehead atoms. The molecule has 0 aliphatic carbocycles. The number of hydrogen-bond acceptors (Lipinski definition) is 3. The molecule has 1 fully saturated rings. The maximum Gasteiger partial charge on any atom is 0.303 e. The molecule has 2 atom stereocenters. The third-order valence-corrected chi connectivity index (χ3v) is 6.97. The molecule has 0 spiro atoms. The molecule has 0 aromatic heterocycles. The fourth-order valence-electron chi connectivity index (χ4n) is 4.84. The number of aliphatic hydroxyl groups is 1. The highest BCUT2D eigenvalue weighted by Gasteiger charge is 2.31. The maximum absolute atomic E-state index is 12.4. The number of aliphatic hydroxyl groups excluding tert-OH is 1. The van der Waals surface area contributed by atoms with E-state index >= 15 is 0 Å². The van der Waals surface area contributed by atoms with Crippen LogP contribution in [0.1, 0.15) is 75.0 Å². The lowest BCUT2D eigenvalue weighted by atomic mass is 9.91. The van der Waals surface area contributed by atoms with Gasteiger partial charge in [0.1, 0.15) is 0 Å². The summed E-state index contributed by atoms with van der Waals surface area (Å²) >= 11 is 6.50. The third-order valence-electron chi connectivity index (χ3n) is 6.65. The van der Waals surface area contributed by atoms with Crippen LogP contribution in [0.4, 0.5) is 0 Å². The Morgan fingerprint density at radius 1 is 1.12 bits per heavy atom. The number of aliphatic carboxylic acids is 1. The molecule has 1 aliphatic heterocycles. The Balaban J connectivity index is 1.57. The second-order valence-corrected chi connectivity index (χ2v) is 9.34. The first-order chi connectivity index (χ1) is 15.9. The number of carboxylic acids is 1. The quantitative estimate of drug-likeness (QED) is 0.363. The van der Waals surface area contributed by atoms with Crippen molar-refractivity contribution >= 4 is 23.5 Å². The highest BCUT2D eigenvalue weighted by atomic mass is 35.5. The Morgan fingerprint density at radius 3 is 2.58 bits per heavy atom. The fraction of sp³-hybridized carbons (Fsp3) is 0.481. The smallest absolute Gasteiger partial charge is 0.303 e. The van der Waals surface area contributed by atoms with Gasteiger partial charge >= 0.3 is 5.97 Å². The van der Waals surface area contributed by atoms with Gasteiger partial charge in [-0.25, -0.2) is 0 Å². The van der Waals surface area contributed by atoms with E-state index < -0.39 is 12.1 Å². The van der Waals surface area contributed by atoms with Crippen LogP contribution in [0.15, 0.2) is 42.5 Å². The molecule has 0 radical (unpaired) electrons. The molecule has 178 valence electrons. The van der Waals surface area contributed by atoms with Gasteiger partial charge in [0.2, 0.25) is 5.91 Å². The number of rotatable bonds is 12. The van der Waals surface area contributed by atoms with Gasteiger partial charge in [0.15, 0.2) is 0 Å². The SMILES string of the molecule is Cc1c(-c2ccccc2)ccc(Cl)c1[C@H](O)CC[C@@H]1CCC(=O)N1CCCCCCC(=O)O. The van der Waals surface area contributed by atoms with Crippen LogP contribution >= 0.6 is 11.6 Å². The van der Waals surface area contributed by atoms with Gasteiger partial charge in [-0.15, -0.1) is 0 Å². The van der Waals surface area contributed by atoms with E-state index in [1.807, 2.05) is 42.2 Å². The zero-order valence-electron chi connectivity index (χ0n) is 19.3.